The molecule has 0 aliphatic rings. The first-order valence-electron chi connectivity index (χ1n) is 5.31. The van der Waals surface area contributed by atoms with Crippen LogP contribution in [0.25, 0.3) is 0 Å². The summed E-state index contributed by atoms with van der Waals surface area (Å²) in [7, 11) is 0. The predicted molar refractivity (Wildman–Crippen MR) is 59.8 cm³/mol. The SMILES string of the molecule is CC(C)N(C[C@@H](C)O)C(=O)OC(C)(C)C. The molecule has 0 aromatic carbocycles. The van der Waals surface area contributed by atoms with Crippen LogP contribution in [-0.2, 0) is 4.74 Å². The second-order valence-corrected chi connectivity index (χ2v) is 5.08. The summed E-state index contributed by atoms with van der Waals surface area (Å²) in [5.41, 5.74) is -0.497. The van der Waals surface area contributed by atoms with Gasteiger partial charge in [-0.25, -0.2) is 4.79 Å². The highest BCUT2D eigenvalue weighted by Crippen LogP contribution is 2.12. The van der Waals surface area contributed by atoms with E-state index in [1.54, 1.807) is 6.92 Å². The van der Waals surface area contributed by atoms with Gasteiger partial charge in [0.15, 0.2) is 0 Å². The summed E-state index contributed by atoms with van der Waals surface area (Å²) in [6, 6.07) is 0.0226. The van der Waals surface area contributed by atoms with E-state index in [0.717, 1.165) is 0 Å². The molecular weight excluding hydrogens is 194 g/mol. The Morgan fingerprint density at radius 3 is 2.07 bits per heavy atom. The average molecular weight is 217 g/mol. The van der Waals surface area contributed by atoms with Gasteiger partial charge >= 0.3 is 6.09 Å². The van der Waals surface area contributed by atoms with Gasteiger partial charge in [0.05, 0.1) is 6.10 Å². The Kier molecular flexibility index (Phi) is 5.08. The van der Waals surface area contributed by atoms with Crippen molar-refractivity contribution < 1.29 is 14.6 Å². The molecule has 0 aliphatic heterocycles. The van der Waals surface area contributed by atoms with Crippen molar-refractivity contribution in [1.82, 2.24) is 4.90 Å². The molecule has 1 N–H and O–H groups in total. The first-order valence-corrected chi connectivity index (χ1v) is 5.31. The van der Waals surface area contributed by atoms with E-state index >= 15 is 0 Å². The minimum Gasteiger partial charge on any atom is -0.444 e. The van der Waals surface area contributed by atoms with E-state index < -0.39 is 11.7 Å². The standard InChI is InChI=1S/C11H23NO3/c1-8(2)12(7-9(3)13)10(14)15-11(4,5)6/h8-9,13H,7H2,1-6H3/t9-/m1/s1. The van der Waals surface area contributed by atoms with Crippen LogP contribution in [0.5, 0.6) is 0 Å². The summed E-state index contributed by atoms with van der Waals surface area (Å²) < 4.78 is 5.24. The van der Waals surface area contributed by atoms with Gasteiger partial charge in [0, 0.05) is 12.6 Å². The Balaban J connectivity index is 4.43. The summed E-state index contributed by atoms with van der Waals surface area (Å²) in [6.07, 6.45) is -0.918. The van der Waals surface area contributed by atoms with Crippen molar-refractivity contribution in [3.63, 3.8) is 0 Å². The van der Waals surface area contributed by atoms with Crippen molar-refractivity contribution in [2.24, 2.45) is 0 Å². The number of amides is 1. The molecular formula is C11H23NO3. The monoisotopic (exact) mass is 217 g/mol. The van der Waals surface area contributed by atoms with Gasteiger partial charge in [0.25, 0.3) is 0 Å². The van der Waals surface area contributed by atoms with E-state index in [1.165, 1.54) is 4.90 Å². The van der Waals surface area contributed by atoms with Gasteiger partial charge < -0.3 is 14.7 Å². The van der Waals surface area contributed by atoms with E-state index in [1.807, 2.05) is 34.6 Å². The van der Waals surface area contributed by atoms with Crippen molar-refractivity contribution in [1.29, 1.82) is 0 Å². The fraction of sp³-hybridized carbons (Fsp3) is 0.909. The number of nitrogens with zero attached hydrogens (tertiary/aromatic N) is 1. The Morgan fingerprint density at radius 1 is 1.33 bits per heavy atom. The van der Waals surface area contributed by atoms with Crippen LogP contribution in [0.15, 0.2) is 0 Å². The third-order valence-corrected chi connectivity index (χ3v) is 1.71. The first-order chi connectivity index (χ1) is 6.63. The van der Waals surface area contributed by atoms with E-state index in [0.29, 0.717) is 6.54 Å². The summed E-state index contributed by atoms with van der Waals surface area (Å²) in [5.74, 6) is 0. The topological polar surface area (TPSA) is 49.8 Å². The lowest BCUT2D eigenvalue weighted by Gasteiger charge is -2.30. The number of carbonyl (C=O) groups is 1. The summed E-state index contributed by atoms with van der Waals surface area (Å²) in [6.45, 7) is 11.2. The summed E-state index contributed by atoms with van der Waals surface area (Å²) in [4.78, 5) is 13.3. The lowest BCUT2D eigenvalue weighted by Crippen LogP contribution is -2.44. The van der Waals surface area contributed by atoms with Crippen LogP contribution in [0.4, 0.5) is 4.79 Å². The number of carbonyl (C=O) groups excluding carboxylic acids is 1. The van der Waals surface area contributed by atoms with Crippen molar-refractivity contribution >= 4 is 6.09 Å². The van der Waals surface area contributed by atoms with Gasteiger partial charge in [-0.15, -0.1) is 0 Å². The van der Waals surface area contributed by atoms with E-state index in [9.17, 15) is 9.90 Å². The molecule has 0 saturated carbocycles. The zero-order chi connectivity index (χ0) is 12.2. The summed E-state index contributed by atoms with van der Waals surface area (Å²) in [5, 5.41) is 9.27. The third-order valence-electron chi connectivity index (χ3n) is 1.71. The maximum atomic E-state index is 11.7. The second kappa shape index (κ2) is 5.35. The first kappa shape index (κ1) is 14.2. The molecule has 0 radical (unpaired) electrons. The van der Waals surface area contributed by atoms with Crippen LogP contribution >= 0.6 is 0 Å². The Labute approximate surface area is 92.2 Å². The van der Waals surface area contributed by atoms with Gasteiger partial charge in [-0.2, -0.15) is 0 Å². The highest BCUT2D eigenvalue weighted by Gasteiger charge is 2.24. The number of hydrogen-bond acceptors (Lipinski definition) is 3. The van der Waals surface area contributed by atoms with Crippen molar-refractivity contribution in [3.8, 4) is 0 Å². The Hall–Kier alpha value is -0.770. The minimum absolute atomic E-state index is 0.0226. The van der Waals surface area contributed by atoms with Gasteiger partial charge in [-0.05, 0) is 41.5 Å². The molecule has 0 aliphatic carbocycles. The third kappa shape index (κ3) is 6.33. The number of hydrogen-bond donors (Lipinski definition) is 1. The van der Waals surface area contributed by atoms with Crippen LogP contribution in [0.1, 0.15) is 41.5 Å². The van der Waals surface area contributed by atoms with Crippen LogP contribution in [0.3, 0.4) is 0 Å². The van der Waals surface area contributed by atoms with Crippen LogP contribution in [-0.4, -0.2) is 40.4 Å². The van der Waals surface area contributed by atoms with Gasteiger partial charge in [0.1, 0.15) is 5.60 Å². The maximum absolute atomic E-state index is 11.7. The average Bonchev–Trinajstić information content (AvgIpc) is 1.95. The number of rotatable bonds is 3. The molecule has 0 rings (SSSR count). The molecule has 0 aromatic rings. The van der Waals surface area contributed by atoms with Crippen molar-refractivity contribution in [2.75, 3.05) is 6.54 Å². The molecule has 90 valence electrons. The van der Waals surface area contributed by atoms with Crippen LogP contribution < -0.4 is 0 Å². The molecule has 4 heteroatoms. The largest absolute Gasteiger partial charge is 0.444 e. The molecule has 1 amide bonds. The van der Waals surface area contributed by atoms with Crippen molar-refractivity contribution in [2.45, 2.75) is 59.3 Å². The number of aliphatic hydroxyl groups excluding tert-OH is 1. The quantitative estimate of drug-likeness (QED) is 0.786. The lowest BCUT2D eigenvalue weighted by atomic mass is 10.2. The minimum atomic E-state index is -0.542. The Bertz CT molecular complexity index is 206. The predicted octanol–water partition coefficient (Wildman–Crippen LogP) is 2.01. The van der Waals surface area contributed by atoms with Gasteiger partial charge in [-0.1, -0.05) is 0 Å². The van der Waals surface area contributed by atoms with Crippen LogP contribution in [0, 0.1) is 0 Å². The lowest BCUT2D eigenvalue weighted by molar-refractivity contribution is 0.00920. The molecule has 0 fully saturated rings. The van der Waals surface area contributed by atoms with E-state index in [4.69, 9.17) is 4.74 Å². The number of ether oxygens (including phenoxy) is 1. The van der Waals surface area contributed by atoms with Crippen molar-refractivity contribution in [3.05, 3.63) is 0 Å². The molecule has 0 heterocycles. The molecule has 1 atom stereocenters. The molecule has 0 aromatic heterocycles. The molecule has 15 heavy (non-hydrogen) atoms. The fourth-order valence-corrected chi connectivity index (χ4v) is 1.10. The molecule has 0 unspecified atom stereocenters. The fourth-order valence-electron chi connectivity index (χ4n) is 1.10. The number of aliphatic hydroxyl groups is 1. The highest BCUT2D eigenvalue weighted by atomic mass is 16.6. The molecule has 0 saturated heterocycles. The Morgan fingerprint density at radius 2 is 1.80 bits per heavy atom. The highest BCUT2D eigenvalue weighted by molar-refractivity contribution is 5.68. The normalized spacial score (nSPS) is 13.9. The molecule has 0 spiro atoms. The summed E-state index contributed by atoms with van der Waals surface area (Å²) >= 11 is 0. The smallest absolute Gasteiger partial charge is 0.410 e. The van der Waals surface area contributed by atoms with E-state index in [2.05, 4.69) is 0 Å². The van der Waals surface area contributed by atoms with Gasteiger partial charge in [0.2, 0.25) is 0 Å². The maximum Gasteiger partial charge on any atom is 0.410 e. The second-order valence-electron chi connectivity index (χ2n) is 5.08. The zero-order valence-corrected chi connectivity index (χ0v) is 10.6. The molecule has 0 bridgehead atoms. The molecule has 4 nitrogen and oxygen atoms in total. The van der Waals surface area contributed by atoms with E-state index in [-0.39, 0.29) is 12.1 Å². The zero-order valence-electron chi connectivity index (χ0n) is 10.6. The van der Waals surface area contributed by atoms with Crippen LogP contribution in [0.2, 0.25) is 0 Å². The van der Waals surface area contributed by atoms with Gasteiger partial charge in [-0.3, -0.25) is 0 Å².